The van der Waals surface area contributed by atoms with Gasteiger partial charge >= 0.3 is 0 Å². The van der Waals surface area contributed by atoms with Gasteiger partial charge in [0.1, 0.15) is 24.4 Å². The molecular weight excluding hydrogens is 242 g/mol. The topological polar surface area (TPSA) is 119 Å². The van der Waals surface area contributed by atoms with Crippen molar-refractivity contribution in [1.82, 2.24) is 5.32 Å². The SMILES string of the molecule is CC(C)(C)C(=O)N[C@@H]1C(O)O[C@H](CO)[C@@H](O)[C@@H]1O. The zero-order valence-corrected chi connectivity index (χ0v) is 10.7. The summed E-state index contributed by atoms with van der Waals surface area (Å²) in [7, 11) is 0. The Labute approximate surface area is 105 Å². The highest BCUT2D eigenvalue weighted by molar-refractivity contribution is 5.81. The fourth-order valence-corrected chi connectivity index (χ4v) is 1.62. The van der Waals surface area contributed by atoms with Gasteiger partial charge in [0.25, 0.3) is 0 Å². The molecule has 0 saturated carbocycles. The second-order valence-corrected chi connectivity index (χ2v) is 5.48. The van der Waals surface area contributed by atoms with Crippen molar-refractivity contribution in [3.63, 3.8) is 0 Å². The molecule has 1 aliphatic heterocycles. The molecule has 0 spiro atoms. The molecule has 1 heterocycles. The Morgan fingerprint density at radius 2 is 1.78 bits per heavy atom. The Morgan fingerprint density at radius 1 is 1.22 bits per heavy atom. The maximum absolute atomic E-state index is 11.8. The van der Waals surface area contributed by atoms with Crippen molar-refractivity contribution in [3.05, 3.63) is 0 Å². The summed E-state index contributed by atoms with van der Waals surface area (Å²) < 4.78 is 4.93. The zero-order chi connectivity index (χ0) is 14.1. The number of rotatable bonds is 2. The molecule has 0 aromatic carbocycles. The van der Waals surface area contributed by atoms with Crippen LogP contribution in [0, 0.1) is 5.41 Å². The smallest absolute Gasteiger partial charge is 0.225 e. The molecule has 5 N–H and O–H groups in total. The molecular formula is C11H21NO6. The van der Waals surface area contributed by atoms with Gasteiger partial charge in [0.2, 0.25) is 5.91 Å². The van der Waals surface area contributed by atoms with Crippen LogP contribution in [0.2, 0.25) is 0 Å². The minimum Gasteiger partial charge on any atom is -0.394 e. The standard InChI is InChI=1S/C11H21NO6/c1-11(2,3)10(17)12-6-8(15)7(14)5(4-13)18-9(6)16/h5-9,13-16H,4H2,1-3H3,(H,12,17)/t5-,6+,7-,8-,9?/m1/s1. The fraction of sp³-hybridized carbons (Fsp3) is 0.909. The van der Waals surface area contributed by atoms with E-state index in [0.29, 0.717) is 0 Å². The van der Waals surface area contributed by atoms with Crippen molar-refractivity contribution in [2.24, 2.45) is 5.41 Å². The van der Waals surface area contributed by atoms with E-state index >= 15 is 0 Å². The van der Waals surface area contributed by atoms with Gasteiger partial charge in [-0.2, -0.15) is 0 Å². The number of aliphatic hydroxyl groups is 4. The summed E-state index contributed by atoms with van der Waals surface area (Å²) in [5, 5.41) is 40.4. The third kappa shape index (κ3) is 3.18. The van der Waals surface area contributed by atoms with Gasteiger partial charge in [-0.15, -0.1) is 0 Å². The first-order chi connectivity index (χ1) is 8.18. The molecule has 1 aliphatic rings. The molecule has 5 atom stereocenters. The summed E-state index contributed by atoms with van der Waals surface area (Å²) in [4.78, 5) is 11.8. The normalized spacial score (nSPS) is 37.4. The quantitative estimate of drug-likeness (QED) is 0.391. The van der Waals surface area contributed by atoms with Gasteiger partial charge in [-0.05, 0) is 0 Å². The molecule has 1 saturated heterocycles. The predicted molar refractivity (Wildman–Crippen MR) is 61.4 cm³/mol. The van der Waals surface area contributed by atoms with E-state index in [1.54, 1.807) is 20.8 Å². The molecule has 0 bridgehead atoms. The maximum Gasteiger partial charge on any atom is 0.225 e. The molecule has 18 heavy (non-hydrogen) atoms. The number of carbonyl (C=O) groups excluding carboxylic acids is 1. The average molecular weight is 263 g/mol. The van der Waals surface area contributed by atoms with Crippen molar-refractivity contribution in [1.29, 1.82) is 0 Å². The van der Waals surface area contributed by atoms with Crippen LogP contribution >= 0.6 is 0 Å². The summed E-state index contributed by atoms with van der Waals surface area (Å²) in [5.74, 6) is -0.385. The summed E-state index contributed by atoms with van der Waals surface area (Å²) in [6.07, 6.45) is -5.33. The lowest BCUT2D eigenvalue weighted by molar-refractivity contribution is -0.254. The summed E-state index contributed by atoms with van der Waals surface area (Å²) >= 11 is 0. The van der Waals surface area contributed by atoms with Gasteiger partial charge in [0.15, 0.2) is 6.29 Å². The van der Waals surface area contributed by atoms with Gasteiger partial charge in [-0.3, -0.25) is 4.79 Å². The van der Waals surface area contributed by atoms with Crippen LogP contribution in [0.15, 0.2) is 0 Å². The third-order valence-corrected chi connectivity index (χ3v) is 2.88. The molecule has 0 aromatic rings. The lowest BCUT2D eigenvalue weighted by Crippen LogP contribution is -2.65. The van der Waals surface area contributed by atoms with Gasteiger partial charge in [-0.1, -0.05) is 20.8 Å². The number of hydrogen-bond donors (Lipinski definition) is 5. The molecule has 0 aliphatic carbocycles. The molecule has 7 nitrogen and oxygen atoms in total. The Balaban J connectivity index is 2.74. The van der Waals surface area contributed by atoms with E-state index < -0.39 is 42.7 Å². The van der Waals surface area contributed by atoms with E-state index in [0.717, 1.165) is 0 Å². The molecule has 1 rings (SSSR count). The molecule has 1 fully saturated rings. The van der Waals surface area contributed by atoms with E-state index in [4.69, 9.17) is 9.84 Å². The first kappa shape index (κ1) is 15.3. The van der Waals surface area contributed by atoms with Gasteiger partial charge in [-0.25, -0.2) is 0 Å². The van der Waals surface area contributed by atoms with E-state index in [1.165, 1.54) is 0 Å². The minimum atomic E-state index is -1.48. The van der Waals surface area contributed by atoms with E-state index in [-0.39, 0.29) is 5.91 Å². The number of nitrogens with one attached hydrogen (secondary N) is 1. The fourth-order valence-electron chi connectivity index (χ4n) is 1.62. The van der Waals surface area contributed by atoms with E-state index in [2.05, 4.69) is 5.32 Å². The summed E-state index contributed by atoms with van der Waals surface area (Å²) in [5.41, 5.74) is -0.696. The number of amides is 1. The Kier molecular flexibility index (Phi) is 4.68. The number of aliphatic hydroxyl groups excluding tert-OH is 4. The van der Waals surface area contributed by atoms with Crippen LogP contribution in [0.4, 0.5) is 0 Å². The van der Waals surface area contributed by atoms with Crippen LogP contribution in [0.5, 0.6) is 0 Å². The first-order valence-electron chi connectivity index (χ1n) is 5.80. The molecule has 106 valence electrons. The summed E-state index contributed by atoms with van der Waals surface area (Å²) in [6.45, 7) is 4.50. The van der Waals surface area contributed by atoms with Crippen LogP contribution in [-0.2, 0) is 9.53 Å². The van der Waals surface area contributed by atoms with Crippen molar-refractivity contribution in [2.45, 2.75) is 51.4 Å². The number of ether oxygens (including phenoxy) is 1. The predicted octanol–water partition coefficient (Wildman–Crippen LogP) is -2.05. The second-order valence-electron chi connectivity index (χ2n) is 5.48. The second kappa shape index (κ2) is 5.50. The number of hydrogen-bond acceptors (Lipinski definition) is 6. The Bertz CT molecular complexity index is 302. The molecule has 7 heteroatoms. The van der Waals surface area contributed by atoms with Crippen molar-refractivity contribution >= 4 is 5.91 Å². The van der Waals surface area contributed by atoms with Crippen molar-refractivity contribution in [3.8, 4) is 0 Å². The molecule has 1 amide bonds. The zero-order valence-electron chi connectivity index (χ0n) is 10.7. The number of carbonyl (C=O) groups is 1. The highest BCUT2D eigenvalue weighted by Gasteiger charge is 2.45. The minimum absolute atomic E-state index is 0.385. The molecule has 0 aromatic heterocycles. The van der Waals surface area contributed by atoms with Crippen LogP contribution in [0.25, 0.3) is 0 Å². The highest BCUT2D eigenvalue weighted by Crippen LogP contribution is 2.21. The van der Waals surface area contributed by atoms with Crippen LogP contribution in [0.1, 0.15) is 20.8 Å². The van der Waals surface area contributed by atoms with Crippen molar-refractivity contribution in [2.75, 3.05) is 6.61 Å². The lowest BCUT2D eigenvalue weighted by Gasteiger charge is -2.41. The first-order valence-corrected chi connectivity index (χ1v) is 5.80. The third-order valence-electron chi connectivity index (χ3n) is 2.88. The monoisotopic (exact) mass is 263 g/mol. The van der Waals surface area contributed by atoms with Gasteiger partial charge in [0.05, 0.1) is 6.61 Å². The van der Waals surface area contributed by atoms with E-state index in [1.807, 2.05) is 0 Å². The Morgan fingerprint density at radius 3 is 2.22 bits per heavy atom. The highest BCUT2D eigenvalue weighted by atomic mass is 16.6. The van der Waals surface area contributed by atoms with Crippen LogP contribution < -0.4 is 5.32 Å². The maximum atomic E-state index is 11.8. The van der Waals surface area contributed by atoms with Crippen LogP contribution in [0.3, 0.4) is 0 Å². The average Bonchev–Trinajstić information content (AvgIpc) is 2.27. The molecule has 0 radical (unpaired) electrons. The van der Waals surface area contributed by atoms with Crippen LogP contribution in [-0.4, -0.2) is 63.6 Å². The lowest BCUT2D eigenvalue weighted by atomic mass is 9.92. The Hall–Kier alpha value is -0.730. The largest absolute Gasteiger partial charge is 0.394 e. The molecule has 1 unspecified atom stereocenters. The van der Waals surface area contributed by atoms with Gasteiger partial charge in [0, 0.05) is 5.41 Å². The summed E-state index contributed by atoms with van der Waals surface area (Å²) in [6, 6.07) is -1.13. The van der Waals surface area contributed by atoms with Gasteiger partial charge < -0.3 is 30.5 Å². The van der Waals surface area contributed by atoms with E-state index in [9.17, 15) is 20.1 Å². The van der Waals surface area contributed by atoms with Crippen molar-refractivity contribution < 1.29 is 30.0 Å².